The van der Waals surface area contributed by atoms with Gasteiger partial charge in [0.1, 0.15) is 12.1 Å². The van der Waals surface area contributed by atoms with Crippen molar-refractivity contribution in [1.82, 2.24) is 0 Å². The molecule has 0 amide bonds. The van der Waals surface area contributed by atoms with E-state index < -0.39 is 5.82 Å². The topological polar surface area (TPSA) is 17.1 Å². The van der Waals surface area contributed by atoms with Crippen LogP contribution in [0, 0.1) is 5.82 Å². The summed E-state index contributed by atoms with van der Waals surface area (Å²) in [6, 6.07) is 8.86. The van der Waals surface area contributed by atoms with Crippen LogP contribution in [-0.2, 0) is 0 Å². The molecule has 2 rings (SSSR count). The van der Waals surface area contributed by atoms with E-state index in [-0.39, 0.29) is 5.56 Å². The lowest BCUT2D eigenvalue weighted by Gasteiger charge is -2.07. The number of carbonyl (C=O) groups excluding carboxylic acids is 1. The number of benzene rings is 2. The monoisotopic (exact) mass is 268 g/mol. The predicted molar refractivity (Wildman–Crippen MR) is 67.2 cm³/mol. The molecule has 0 aliphatic carbocycles. The Hall–Kier alpha value is -1.38. The summed E-state index contributed by atoms with van der Waals surface area (Å²) in [4.78, 5) is 10.7. The molecule has 4 heteroatoms. The number of hydrogen-bond donors (Lipinski definition) is 0. The molecule has 0 atom stereocenters. The zero-order valence-corrected chi connectivity index (χ0v) is 10.1. The Morgan fingerprint density at radius 1 is 1.00 bits per heavy atom. The number of rotatable bonds is 2. The average Bonchev–Trinajstić information content (AvgIpc) is 2.33. The fourth-order valence-corrected chi connectivity index (χ4v) is 1.92. The number of carbonyl (C=O) groups is 1. The Balaban J connectivity index is 2.66. The number of hydrogen-bond acceptors (Lipinski definition) is 1. The maximum absolute atomic E-state index is 13.7. The molecule has 0 aliphatic heterocycles. The second kappa shape index (κ2) is 4.86. The third kappa shape index (κ3) is 2.48. The summed E-state index contributed by atoms with van der Waals surface area (Å²) < 4.78 is 13.7. The third-order valence-electron chi connectivity index (χ3n) is 2.35. The van der Waals surface area contributed by atoms with Crippen molar-refractivity contribution in [2.24, 2.45) is 0 Å². The molecule has 0 spiro atoms. The Morgan fingerprint density at radius 2 is 1.76 bits per heavy atom. The van der Waals surface area contributed by atoms with Crippen LogP contribution in [0.1, 0.15) is 10.4 Å². The lowest BCUT2D eigenvalue weighted by atomic mass is 10.0. The SMILES string of the molecule is O=Cc1ccc(F)c(-c2cc(Cl)ccc2Cl)c1. The molecule has 0 bridgehead atoms. The molecule has 1 nitrogen and oxygen atoms in total. The normalized spacial score (nSPS) is 10.3. The predicted octanol–water partition coefficient (Wildman–Crippen LogP) is 4.61. The molecule has 0 saturated heterocycles. The Bertz CT molecular complexity index is 582. The maximum atomic E-state index is 13.7. The van der Waals surface area contributed by atoms with Gasteiger partial charge in [0.25, 0.3) is 0 Å². The molecule has 0 aromatic heterocycles. The molecule has 86 valence electrons. The van der Waals surface area contributed by atoms with E-state index in [1.54, 1.807) is 18.2 Å². The molecule has 0 aliphatic rings. The van der Waals surface area contributed by atoms with Gasteiger partial charge in [0, 0.05) is 26.7 Å². The van der Waals surface area contributed by atoms with Crippen molar-refractivity contribution in [3.8, 4) is 11.1 Å². The van der Waals surface area contributed by atoms with Crippen molar-refractivity contribution >= 4 is 29.5 Å². The van der Waals surface area contributed by atoms with Gasteiger partial charge in [-0.15, -0.1) is 0 Å². The molecule has 0 N–H and O–H groups in total. The van der Waals surface area contributed by atoms with Gasteiger partial charge >= 0.3 is 0 Å². The smallest absolute Gasteiger partial charge is 0.150 e. The van der Waals surface area contributed by atoms with E-state index in [0.717, 1.165) is 0 Å². The van der Waals surface area contributed by atoms with Gasteiger partial charge in [-0.3, -0.25) is 4.79 Å². The van der Waals surface area contributed by atoms with Crippen LogP contribution >= 0.6 is 23.2 Å². The molecule has 0 unspecified atom stereocenters. The molecule has 0 heterocycles. The highest BCUT2D eigenvalue weighted by Gasteiger charge is 2.10. The van der Waals surface area contributed by atoms with Crippen LogP contribution in [0.5, 0.6) is 0 Å². The van der Waals surface area contributed by atoms with E-state index in [1.165, 1.54) is 18.2 Å². The first-order valence-electron chi connectivity index (χ1n) is 4.82. The fraction of sp³-hybridized carbons (Fsp3) is 0. The summed E-state index contributed by atoms with van der Waals surface area (Å²) in [6.45, 7) is 0. The molecule has 2 aromatic carbocycles. The van der Waals surface area contributed by atoms with Crippen LogP contribution in [0.4, 0.5) is 4.39 Å². The van der Waals surface area contributed by atoms with E-state index in [9.17, 15) is 9.18 Å². The minimum Gasteiger partial charge on any atom is -0.298 e. The van der Waals surface area contributed by atoms with Crippen LogP contribution in [0.15, 0.2) is 36.4 Å². The van der Waals surface area contributed by atoms with Gasteiger partial charge in [-0.2, -0.15) is 0 Å². The Morgan fingerprint density at radius 3 is 2.47 bits per heavy atom. The number of halogens is 3. The Kier molecular flexibility index (Phi) is 3.46. The summed E-state index contributed by atoms with van der Waals surface area (Å²) >= 11 is 11.8. The number of aldehydes is 1. The van der Waals surface area contributed by atoms with E-state index in [2.05, 4.69) is 0 Å². The zero-order chi connectivity index (χ0) is 12.4. The van der Waals surface area contributed by atoms with E-state index >= 15 is 0 Å². The van der Waals surface area contributed by atoms with Crippen LogP contribution in [0.2, 0.25) is 10.0 Å². The maximum Gasteiger partial charge on any atom is 0.150 e. The first-order chi connectivity index (χ1) is 8.11. The first-order valence-corrected chi connectivity index (χ1v) is 5.57. The first kappa shape index (κ1) is 12.1. The lowest BCUT2D eigenvalue weighted by Crippen LogP contribution is -1.89. The second-order valence-corrected chi connectivity index (χ2v) is 4.32. The fourth-order valence-electron chi connectivity index (χ4n) is 1.53. The lowest BCUT2D eigenvalue weighted by molar-refractivity contribution is 0.112. The summed E-state index contributed by atoms with van der Waals surface area (Å²) in [5.41, 5.74) is 1.12. The minimum atomic E-state index is -0.445. The van der Waals surface area contributed by atoms with Crippen molar-refractivity contribution in [1.29, 1.82) is 0 Å². The molecule has 17 heavy (non-hydrogen) atoms. The highest BCUT2D eigenvalue weighted by atomic mass is 35.5. The van der Waals surface area contributed by atoms with Crippen LogP contribution in [0.3, 0.4) is 0 Å². The second-order valence-electron chi connectivity index (χ2n) is 3.48. The van der Waals surface area contributed by atoms with Gasteiger partial charge in [0.15, 0.2) is 0 Å². The summed E-state index contributed by atoms with van der Waals surface area (Å²) in [5, 5.41) is 0.844. The molecular weight excluding hydrogens is 262 g/mol. The van der Waals surface area contributed by atoms with Gasteiger partial charge in [-0.1, -0.05) is 23.2 Å². The highest BCUT2D eigenvalue weighted by molar-refractivity contribution is 6.35. The quantitative estimate of drug-likeness (QED) is 0.727. The van der Waals surface area contributed by atoms with Crippen molar-refractivity contribution < 1.29 is 9.18 Å². The van der Waals surface area contributed by atoms with Crippen LogP contribution in [-0.4, -0.2) is 6.29 Å². The summed E-state index contributed by atoms with van der Waals surface area (Å²) in [6.07, 6.45) is 0.654. The standard InChI is InChI=1S/C13H7Cl2FO/c14-9-2-3-12(15)10(6-9)11-5-8(7-17)1-4-13(11)16/h1-7H. The van der Waals surface area contributed by atoms with Gasteiger partial charge in [0.2, 0.25) is 0 Å². The summed E-state index contributed by atoms with van der Waals surface area (Å²) in [5.74, 6) is -0.445. The third-order valence-corrected chi connectivity index (χ3v) is 2.91. The van der Waals surface area contributed by atoms with Crippen LogP contribution < -0.4 is 0 Å². The summed E-state index contributed by atoms with van der Waals surface area (Å²) in [7, 11) is 0. The van der Waals surface area contributed by atoms with Gasteiger partial charge in [-0.05, 0) is 36.4 Å². The van der Waals surface area contributed by atoms with E-state index in [4.69, 9.17) is 23.2 Å². The molecule has 2 aromatic rings. The van der Waals surface area contributed by atoms with Gasteiger partial charge < -0.3 is 0 Å². The van der Waals surface area contributed by atoms with Gasteiger partial charge in [0.05, 0.1) is 0 Å². The average molecular weight is 269 g/mol. The zero-order valence-electron chi connectivity index (χ0n) is 8.58. The molecule has 0 saturated carbocycles. The highest BCUT2D eigenvalue weighted by Crippen LogP contribution is 2.32. The Labute approximate surface area is 108 Å². The van der Waals surface area contributed by atoms with E-state index in [1.807, 2.05) is 0 Å². The molecule has 0 radical (unpaired) electrons. The largest absolute Gasteiger partial charge is 0.298 e. The van der Waals surface area contributed by atoms with E-state index in [0.29, 0.717) is 27.5 Å². The molecule has 0 fully saturated rings. The molecular formula is C13H7Cl2FO. The minimum absolute atomic E-state index is 0.266. The van der Waals surface area contributed by atoms with Crippen LogP contribution in [0.25, 0.3) is 11.1 Å². The van der Waals surface area contributed by atoms with Crippen molar-refractivity contribution in [3.05, 3.63) is 57.8 Å². The van der Waals surface area contributed by atoms with Crippen molar-refractivity contribution in [3.63, 3.8) is 0 Å². The van der Waals surface area contributed by atoms with Gasteiger partial charge in [-0.25, -0.2) is 4.39 Å². The van der Waals surface area contributed by atoms with Crippen molar-refractivity contribution in [2.45, 2.75) is 0 Å². The van der Waals surface area contributed by atoms with Crippen molar-refractivity contribution in [2.75, 3.05) is 0 Å².